The second-order valence-electron chi connectivity index (χ2n) is 4.31. The lowest BCUT2D eigenvalue weighted by atomic mass is 9.99. The van der Waals surface area contributed by atoms with Gasteiger partial charge in [-0.15, -0.1) is 11.3 Å². The van der Waals surface area contributed by atoms with E-state index in [0.717, 1.165) is 22.1 Å². The van der Waals surface area contributed by atoms with Crippen molar-refractivity contribution in [3.63, 3.8) is 0 Å². The number of nitrogens with one attached hydrogen (secondary N) is 1. The van der Waals surface area contributed by atoms with E-state index in [0.29, 0.717) is 0 Å². The molecule has 4 heteroatoms. The molecule has 0 fully saturated rings. The second-order valence-corrected chi connectivity index (χ2v) is 5.17. The maximum Gasteiger partial charge on any atom is 0.137 e. The molecule has 3 nitrogen and oxygen atoms in total. The summed E-state index contributed by atoms with van der Waals surface area (Å²) in [5.41, 5.74) is 4.76. The maximum absolute atomic E-state index is 5.44. The highest BCUT2D eigenvalue weighted by Gasteiger charge is 2.14. The first-order valence-corrected chi connectivity index (χ1v) is 6.75. The summed E-state index contributed by atoms with van der Waals surface area (Å²) in [4.78, 5) is 4.56. The number of thiazole rings is 1. The van der Waals surface area contributed by atoms with Crippen molar-refractivity contribution >= 4 is 17.2 Å². The van der Waals surface area contributed by atoms with Crippen molar-refractivity contribution in [1.29, 1.82) is 0 Å². The summed E-state index contributed by atoms with van der Waals surface area (Å²) in [7, 11) is 3.60. The maximum atomic E-state index is 5.44. The topological polar surface area (TPSA) is 34.1 Å². The summed E-state index contributed by atoms with van der Waals surface area (Å²) in [6, 6.07) is 2.15. The molecule has 1 aromatic carbocycles. The van der Waals surface area contributed by atoms with Gasteiger partial charge in [-0.05, 0) is 43.5 Å². The molecule has 2 aromatic rings. The molecule has 1 aromatic heterocycles. The van der Waals surface area contributed by atoms with E-state index in [4.69, 9.17) is 4.74 Å². The molecule has 0 aliphatic rings. The summed E-state index contributed by atoms with van der Waals surface area (Å²) in [6.07, 6.45) is 0. The van der Waals surface area contributed by atoms with E-state index in [1.807, 2.05) is 12.4 Å². The number of methoxy groups -OCH3 is 1. The highest BCUT2D eigenvalue weighted by atomic mass is 32.1. The Morgan fingerprint density at radius 2 is 1.94 bits per heavy atom. The van der Waals surface area contributed by atoms with Crippen LogP contribution in [-0.4, -0.2) is 19.1 Å². The molecule has 96 valence electrons. The third-order valence-electron chi connectivity index (χ3n) is 3.22. The summed E-state index contributed by atoms with van der Waals surface area (Å²) >= 11 is 1.66. The van der Waals surface area contributed by atoms with Gasteiger partial charge in [0.25, 0.3) is 0 Å². The number of hydrogen-bond acceptors (Lipinski definition) is 4. The SMILES string of the molecule is CNc1csc(-c2cc(C)c(OC)c(C)c2C)n1. The molecule has 0 unspecified atom stereocenters. The summed E-state index contributed by atoms with van der Waals surface area (Å²) in [5.74, 6) is 1.89. The van der Waals surface area contributed by atoms with Gasteiger partial charge in [-0.25, -0.2) is 4.98 Å². The minimum Gasteiger partial charge on any atom is -0.496 e. The van der Waals surface area contributed by atoms with Gasteiger partial charge in [0, 0.05) is 18.0 Å². The normalized spacial score (nSPS) is 10.5. The Labute approximate surface area is 112 Å². The minimum atomic E-state index is 0.917. The highest BCUT2D eigenvalue weighted by molar-refractivity contribution is 7.13. The van der Waals surface area contributed by atoms with E-state index in [2.05, 4.69) is 37.1 Å². The molecule has 18 heavy (non-hydrogen) atoms. The summed E-state index contributed by atoms with van der Waals surface area (Å²) < 4.78 is 5.44. The van der Waals surface area contributed by atoms with Gasteiger partial charge in [0.2, 0.25) is 0 Å². The van der Waals surface area contributed by atoms with E-state index < -0.39 is 0 Å². The third-order valence-corrected chi connectivity index (χ3v) is 4.10. The van der Waals surface area contributed by atoms with Crippen LogP contribution in [0.5, 0.6) is 5.75 Å². The number of hydrogen-bond donors (Lipinski definition) is 1. The molecule has 1 heterocycles. The van der Waals surface area contributed by atoms with Gasteiger partial charge in [-0.1, -0.05) is 0 Å². The van der Waals surface area contributed by atoms with Gasteiger partial charge in [-0.2, -0.15) is 0 Å². The van der Waals surface area contributed by atoms with E-state index in [1.165, 1.54) is 16.7 Å². The smallest absolute Gasteiger partial charge is 0.137 e. The van der Waals surface area contributed by atoms with Crippen LogP contribution in [0.1, 0.15) is 16.7 Å². The zero-order valence-corrected chi connectivity index (χ0v) is 12.2. The molecule has 0 aliphatic heterocycles. The molecule has 0 saturated carbocycles. The largest absolute Gasteiger partial charge is 0.496 e. The molecule has 0 radical (unpaired) electrons. The van der Waals surface area contributed by atoms with Crippen LogP contribution in [0.15, 0.2) is 11.4 Å². The lowest BCUT2D eigenvalue weighted by molar-refractivity contribution is 0.408. The number of ether oxygens (including phenoxy) is 1. The zero-order chi connectivity index (χ0) is 13.3. The Hall–Kier alpha value is -1.55. The van der Waals surface area contributed by atoms with Crippen molar-refractivity contribution in [3.8, 4) is 16.3 Å². The average molecular weight is 262 g/mol. The first-order chi connectivity index (χ1) is 8.58. The summed E-state index contributed by atoms with van der Waals surface area (Å²) in [5, 5.41) is 6.14. The monoisotopic (exact) mass is 262 g/mol. The van der Waals surface area contributed by atoms with Crippen LogP contribution in [0, 0.1) is 20.8 Å². The van der Waals surface area contributed by atoms with Crippen LogP contribution >= 0.6 is 11.3 Å². The quantitative estimate of drug-likeness (QED) is 0.914. The number of benzene rings is 1. The van der Waals surface area contributed by atoms with E-state index >= 15 is 0 Å². The number of rotatable bonds is 3. The number of aromatic nitrogens is 1. The van der Waals surface area contributed by atoms with E-state index in [-0.39, 0.29) is 0 Å². The fourth-order valence-electron chi connectivity index (χ4n) is 2.11. The van der Waals surface area contributed by atoms with Crippen molar-refractivity contribution in [3.05, 3.63) is 28.1 Å². The third kappa shape index (κ3) is 2.08. The number of anilines is 1. The Bertz CT molecular complexity index is 575. The molecular weight excluding hydrogens is 244 g/mol. The Morgan fingerprint density at radius 1 is 1.22 bits per heavy atom. The van der Waals surface area contributed by atoms with Crippen molar-refractivity contribution in [2.75, 3.05) is 19.5 Å². The number of aryl methyl sites for hydroxylation is 1. The predicted octanol–water partition coefficient (Wildman–Crippen LogP) is 3.79. The van der Waals surface area contributed by atoms with Crippen LogP contribution in [0.3, 0.4) is 0 Å². The molecule has 0 bridgehead atoms. The molecular formula is C14H18N2OS. The first-order valence-electron chi connectivity index (χ1n) is 5.87. The predicted molar refractivity (Wildman–Crippen MR) is 77.9 cm³/mol. The van der Waals surface area contributed by atoms with Crippen molar-refractivity contribution in [2.24, 2.45) is 0 Å². The standard InChI is InChI=1S/C14H18N2OS/c1-8-6-11(9(2)10(3)13(8)17-5)14-16-12(15-4)7-18-14/h6-7,15H,1-5H3. The Balaban J connectivity index is 2.58. The van der Waals surface area contributed by atoms with Crippen molar-refractivity contribution < 1.29 is 4.74 Å². The highest BCUT2D eigenvalue weighted by Crippen LogP contribution is 2.36. The van der Waals surface area contributed by atoms with Crippen LogP contribution in [0.4, 0.5) is 5.82 Å². The van der Waals surface area contributed by atoms with E-state index in [9.17, 15) is 0 Å². The van der Waals surface area contributed by atoms with Crippen molar-refractivity contribution in [1.82, 2.24) is 4.98 Å². The molecule has 0 saturated heterocycles. The van der Waals surface area contributed by atoms with E-state index in [1.54, 1.807) is 18.4 Å². The molecule has 0 spiro atoms. The van der Waals surface area contributed by atoms with Crippen LogP contribution in [-0.2, 0) is 0 Å². The fraction of sp³-hybridized carbons (Fsp3) is 0.357. The Kier molecular flexibility index (Phi) is 3.57. The second kappa shape index (κ2) is 4.98. The lowest BCUT2D eigenvalue weighted by Crippen LogP contribution is -1.96. The van der Waals surface area contributed by atoms with Gasteiger partial charge in [-0.3, -0.25) is 0 Å². The van der Waals surface area contributed by atoms with Gasteiger partial charge in [0.05, 0.1) is 7.11 Å². The van der Waals surface area contributed by atoms with Gasteiger partial charge in [0.15, 0.2) is 0 Å². The molecule has 0 aliphatic carbocycles. The van der Waals surface area contributed by atoms with Crippen LogP contribution in [0.25, 0.3) is 10.6 Å². The summed E-state index contributed by atoms with van der Waals surface area (Å²) in [6.45, 7) is 6.28. The molecule has 0 atom stereocenters. The zero-order valence-electron chi connectivity index (χ0n) is 11.4. The molecule has 0 amide bonds. The molecule has 2 rings (SSSR count). The fourth-order valence-corrected chi connectivity index (χ4v) is 2.99. The minimum absolute atomic E-state index is 0.917. The van der Waals surface area contributed by atoms with Crippen LogP contribution < -0.4 is 10.1 Å². The number of nitrogens with zero attached hydrogens (tertiary/aromatic N) is 1. The molecule has 1 N–H and O–H groups in total. The first kappa shape index (κ1) is 12.9. The lowest BCUT2D eigenvalue weighted by Gasteiger charge is -2.14. The van der Waals surface area contributed by atoms with Crippen molar-refractivity contribution in [2.45, 2.75) is 20.8 Å². The van der Waals surface area contributed by atoms with Gasteiger partial charge >= 0.3 is 0 Å². The van der Waals surface area contributed by atoms with Gasteiger partial charge in [0.1, 0.15) is 16.6 Å². The Morgan fingerprint density at radius 3 is 2.50 bits per heavy atom. The average Bonchev–Trinajstić information content (AvgIpc) is 2.83. The van der Waals surface area contributed by atoms with Crippen LogP contribution in [0.2, 0.25) is 0 Å². The van der Waals surface area contributed by atoms with Gasteiger partial charge < -0.3 is 10.1 Å².